The minimum Gasteiger partial charge on any atom is -0.443 e. The van der Waals surface area contributed by atoms with Crippen molar-refractivity contribution in [3.63, 3.8) is 0 Å². The number of nitrogens with zero attached hydrogens (tertiary/aromatic N) is 1. The molecule has 18 heavy (non-hydrogen) atoms. The molecule has 2 aromatic carbocycles. The quantitative estimate of drug-likeness (QED) is 0.763. The van der Waals surface area contributed by atoms with Gasteiger partial charge < -0.3 is 10.2 Å². The Morgan fingerprint density at radius 3 is 2.67 bits per heavy atom. The first-order valence-electron chi connectivity index (χ1n) is 5.96. The highest BCUT2D eigenvalue weighted by Gasteiger charge is 2.13. The highest BCUT2D eigenvalue weighted by Crippen LogP contribution is 2.26. The Balaban J connectivity index is 2.05. The Labute approximate surface area is 105 Å². The molecule has 0 amide bonds. The molecule has 2 N–H and O–H groups in total. The molecular weight excluding hydrogens is 224 g/mol. The Bertz CT molecular complexity index is 646. The second-order valence-electron chi connectivity index (χ2n) is 4.28. The molecule has 0 radical (unpaired) electrons. The fourth-order valence-corrected chi connectivity index (χ4v) is 2.24. The number of benzene rings is 2. The van der Waals surface area contributed by atoms with Gasteiger partial charge in [-0.2, -0.15) is 0 Å². The molecule has 90 valence electrons. The van der Waals surface area contributed by atoms with Gasteiger partial charge in [-0.05, 0) is 23.3 Å². The van der Waals surface area contributed by atoms with Gasteiger partial charge in [0.1, 0.15) is 5.52 Å². The van der Waals surface area contributed by atoms with Crippen molar-refractivity contribution >= 4 is 11.1 Å². The van der Waals surface area contributed by atoms with E-state index >= 15 is 0 Å². The number of hydrogen-bond donors (Lipinski definition) is 1. The molecule has 3 rings (SSSR count). The maximum atomic E-state index is 5.91. The molecule has 0 aliphatic rings. The third-order valence-corrected chi connectivity index (χ3v) is 3.19. The van der Waals surface area contributed by atoms with Gasteiger partial charge in [0.15, 0.2) is 12.0 Å². The van der Waals surface area contributed by atoms with E-state index in [-0.39, 0.29) is 5.92 Å². The van der Waals surface area contributed by atoms with Crippen LogP contribution >= 0.6 is 0 Å². The molecule has 1 aromatic heterocycles. The van der Waals surface area contributed by atoms with E-state index in [2.05, 4.69) is 23.2 Å². The van der Waals surface area contributed by atoms with E-state index in [1.54, 1.807) is 0 Å². The van der Waals surface area contributed by atoms with Crippen molar-refractivity contribution in [2.45, 2.75) is 5.92 Å². The number of hydrogen-bond acceptors (Lipinski definition) is 3. The molecule has 3 nitrogen and oxygen atoms in total. The number of fused-ring (bicyclic) bond motifs is 1. The van der Waals surface area contributed by atoms with Crippen LogP contribution in [0.15, 0.2) is 59.3 Å². The molecule has 0 saturated carbocycles. The topological polar surface area (TPSA) is 52.0 Å². The summed E-state index contributed by atoms with van der Waals surface area (Å²) in [6.45, 7) is 0.577. The SMILES string of the molecule is NCC(c1ccccc1)c1ccc2ocnc2c1. The Morgan fingerprint density at radius 1 is 1.06 bits per heavy atom. The minimum atomic E-state index is 0.201. The molecule has 0 bridgehead atoms. The second kappa shape index (κ2) is 4.63. The molecule has 1 unspecified atom stereocenters. The van der Waals surface area contributed by atoms with Gasteiger partial charge in [0, 0.05) is 12.5 Å². The maximum absolute atomic E-state index is 5.91. The van der Waals surface area contributed by atoms with Crippen LogP contribution in [-0.4, -0.2) is 11.5 Å². The standard InChI is InChI=1S/C15H14N2O/c16-9-13(11-4-2-1-3-5-11)12-6-7-15-14(8-12)17-10-18-15/h1-8,10,13H,9,16H2. The van der Waals surface area contributed by atoms with E-state index in [4.69, 9.17) is 10.2 Å². The first kappa shape index (κ1) is 11.0. The Morgan fingerprint density at radius 2 is 1.89 bits per heavy atom. The molecule has 0 fully saturated rings. The first-order valence-corrected chi connectivity index (χ1v) is 5.96. The molecule has 0 saturated heterocycles. The summed E-state index contributed by atoms with van der Waals surface area (Å²) in [6.07, 6.45) is 1.47. The van der Waals surface area contributed by atoms with E-state index in [0.29, 0.717) is 6.54 Å². The molecule has 0 aliphatic carbocycles. The second-order valence-corrected chi connectivity index (χ2v) is 4.28. The van der Waals surface area contributed by atoms with Crippen molar-refractivity contribution in [3.8, 4) is 0 Å². The van der Waals surface area contributed by atoms with E-state index in [1.165, 1.54) is 17.5 Å². The van der Waals surface area contributed by atoms with Crippen LogP contribution in [-0.2, 0) is 0 Å². The largest absolute Gasteiger partial charge is 0.443 e. The highest BCUT2D eigenvalue weighted by molar-refractivity contribution is 5.73. The predicted octanol–water partition coefficient (Wildman–Crippen LogP) is 2.92. The lowest BCUT2D eigenvalue weighted by Gasteiger charge is -2.15. The lowest BCUT2D eigenvalue weighted by Crippen LogP contribution is -2.13. The molecule has 0 aliphatic heterocycles. The fraction of sp³-hybridized carbons (Fsp3) is 0.133. The average Bonchev–Trinajstić information content (AvgIpc) is 2.88. The zero-order chi connectivity index (χ0) is 12.4. The highest BCUT2D eigenvalue weighted by atomic mass is 16.3. The smallest absolute Gasteiger partial charge is 0.181 e. The molecule has 3 aromatic rings. The van der Waals surface area contributed by atoms with Crippen molar-refractivity contribution in [1.82, 2.24) is 4.98 Å². The summed E-state index contributed by atoms with van der Waals surface area (Å²) < 4.78 is 5.25. The third-order valence-electron chi connectivity index (χ3n) is 3.19. The number of rotatable bonds is 3. The van der Waals surface area contributed by atoms with E-state index in [1.807, 2.05) is 30.3 Å². The zero-order valence-corrected chi connectivity index (χ0v) is 9.91. The lowest BCUT2D eigenvalue weighted by molar-refractivity contribution is 0.602. The van der Waals surface area contributed by atoms with Crippen molar-refractivity contribution in [3.05, 3.63) is 66.1 Å². The van der Waals surface area contributed by atoms with Crippen molar-refractivity contribution in [2.24, 2.45) is 5.73 Å². The number of aromatic nitrogens is 1. The van der Waals surface area contributed by atoms with Crippen LogP contribution < -0.4 is 5.73 Å². The number of nitrogens with two attached hydrogens (primary N) is 1. The molecule has 1 atom stereocenters. The predicted molar refractivity (Wildman–Crippen MR) is 71.3 cm³/mol. The third kappa shape index (κ3) is 1.89. The van der Waals surface area contributed by atoms with Crippen molar-refractivity contribution in [1.29, 1.82) is 0 Å². The minimum absolute atomic E-state index is 0.201. The maximum Gasteiger partial charge on any atom is 0.181 e. The van der Waals surface area contributed by atoms with Gasteiger partial charge in [0.2, 0.25) is 0 Å². The van der Waals surface area contributed by atoms with Crippen molar-refractivity contribution in [2.75, 3.05) is 6.54 Å². The first-order chi connectivity index (χ1) is 8.88. The summed E-state index contributed by atoms with van der Waals surface area (Å²) in [5, 5.41) is 0. The van der Waals surface area contributed by atoms with E-state index in [9.17, 15) is 0 Å². The van der Waals surface area contributed by atoms with Crippen LogP contribution in [0.1, 0.15) is 17.0 Å². The summed E-state index contributed by atoms with van der Waals surface area (Å²) in [6, 6.07) is 16.3. The Kier molecular flexibility index (Phi) is 2.82. The van der Waals surface area contributed by atoms with Crippen LogP contribution in [0.2, 0.25) is 0 Å². The molecular formula is C15H14N2O. The summed E-state index contributed by atoms with van der Waals surface area (Å²) in [4.78, 5) is 4.18. The monoisotopic (exact) mass is 238 g/mol. The molecule has 1 heterocycles. The lowest BCUT2D eigenvalue weighted by atomic mass is 9.91. The van der Waals surface area contributed by atoms with Gasteiger partial charge in [0.05, 0.1) is 0 Å². The zero-order valence-electron chi connectivity index (χ0n) is 9.91. The van der Waals surface area contributed by atoms with Gasteiger partial charge >= 0.3 is 0 Å². The fourth-order valence-electron chi connectivity index (χ4n) is 2.24. The summed E-state index contributed by atoms with van der Waals surface area (Å²) in [5.41, 5.74) is 9.99. The van der Waals surface area contributed by atoms with E-state index in [0.717, 1.165) is 11.1 Å². The Hall–Kier alpha value is -2.13. The van der Waals surface area contributed by atoms with Gasteiger partial charge in [-0.1, -0.05) is 36.4 Å². The van der Waals surface area contributed by atoms with Gasteiger partial charge in [0.25, 0.3) is 0 Å². The van der Waals surface area contributed by atoms with Crippen LogP contribution in [0.4, 0.5) is 0 Å². The van der Waals surface area contributed by atoms with Crippen molar-refractivity contribution < 1.29 is 4.42 Å². The molecule has 0 spiro atoms. The van der Waals surface area contributed by atoms with E-state index < -0.39 is 0 Å². The van der Waals surface area contributed by atoms with Crippen LogP contribution in [0.3, 0.4) is 0 Å². The number of oxazole rings is 1. The summed E-state index contributed by atoms with van der Waals surface area (Å²) in [5.74, 6) is 0.201. The van der Waals surface area contributed by atoms with Crippen LogP contribution in [0.25, 0.3) is 11.1 Å². The van der Waals surface area contributed by atoms with Gasteiger partial charge in [-0.25, -0.2) is 4.98 Å². The average molecular weight is 238 g/mol. The summed E-state index contributed by atoms with van der Waals surface area (Å²) in [7, 11) is 0. The normalized spacial score (nSPS) is 12.7. The molecule has 3 heteroatoms. The van der Waals surface area contributed by atoms with Gasteiger partial charge in [-0.3, -0.25) is 0 Å². The summed E-state index contributed by atoms with van der Waals surface area (Å²) >= 11 is 0. The van der Waals surface area contributed by atoms with Crippen LogP contribution in [0, 0.1) is 0 Å². The van der Waals surface area contributed by atoms with Crippen LogP contribution in [0.5, 0.6) is 0 Å². The van der Waals surface area contributed by atoms with Gasteiger partial charge in [-0.15, -0.1) is 0 Å².